The van der Waals surface area contributed by atoms with Crippen LogP contribution in [-0.2, 0) is 9.47 Å². The standard InChI is InChI=1S/C29H27ClN4O4S/c1-36-16-17-38-25-13-12-19(18-21(25)30)34-27(26(32-29(34)39)22-9-5-6-14-31-22)24-11-7-15-33(24)23-10-4-3-8-20(23)28(35)37-2/h3-15,18,26-27H,16-17H2,1-2H3,(H,32,39). The summed E-state index contributed by atoms with van der Waals surface area (Å²) in [6.07, 6.45) is 3.68. The minimum Gasteiger partial charge on any atom is -0.490 e. The molecule has 1 aliphatic heterocycles. The molecule has 1 N–H and O–H groups in total. The lowest BCUT2D eigenvalue weighted by atomic mass is 10.0. The van der Waals surface area contributed by atoms with Crippen molar-refractivity contribution in [2.45, 2.75) is 12.1 Å². The lowest BCUT2D eigenvalue weighted by molar-refractivity contribution is 0.0600. The number of esters is 1. The van der Waals surface area contributed by atoms with Crippen LogP contribution < -0.4 is 15.0 Å². The number of para-hydroxylation sites is 1. The van der Waals surface area contributed by atoms with Crippen LogP contribution in [0.1, 0.15) is 33.8 Å². The summed E-state index contributed by atoms with van der Waals surface area (Å²) in [4.78, 5) is 19.3. The molecule has 10 heteroatoms. The molecule has 1 saturated heterocycles. The first kappa shape index (κ1) is 26.7. The number of carbonyl (C=O) groups excluding carboxylic acids is 1. The maximum atomic E-state index is 12.6. The minimum absolute atomic E-state index is 0.283. The molecule has 1 aliphatic rings. The predicted octanol–water partition coefficient (Wildman–Crippen LogP) is 5.51. The number of halogens is 1. The Hall–Kier alpha value is -3.92. The molecule has 2 aromatic heterocycles. The largest absolute Gasteiger partial charge is 0.490 e. The second-order valence-electron chi connectivity index (χ2n) is 8.76. The van der Waals surface area contributed by atoms with Crippen LogP contribution in [0, 0.1) is 0 Å². The molecule has 200 valence electrons. The highest BCUT2D eigenvalue weighted by Crippen LogP contribution is 2.43. The number of methoxy groups -OCH3 is 2. The zero-order chi connectivity index (χ0) is 27.4. The molecule has 0 radical (unpaired) electrons. The first-order valence-corrected chi connectivity index (χ1v) is 13.1. The van der Waals surface area contributed by atoms with Crippen molar-refractivity contribution < 1.29 is 19.0 Å². The average molecular weight is 563 g/mol. The third-order valence-electron chi connectivity index (χ3n) is 6.49. The summed E-state index contributed by atoms with van der Waals surface area (Å²) >= 11 is 12.5. The zero-order valence-electron chi connectivity index (χ0n) is 21.4. The number of nitrogens with zero attached hydrogens (tertiary/aromatic N) is 3. The van der Waals surface area contributed by atoms with E-state index < -0.39 is 5.97 Å². The highest BCUT2D eigenvalue weighted by molar-refractivity contribution is 7.80. The van der Waals surface area contributed by atoms with E-state index in [1.165, 1.54) is 7.11 Å². The van der Waals surface area contributed by atoms with Gasteiger partial charge in [-0.25, -0.2) is 4.79 Å². The lowest BCUT2D eigenvalue weighted by Crippen LogP contribution is -2.30. The van der Waals surface area contributed by atoms with Gasteiger partial charge in [0, 0.05) is 30.9 Å². The van der Waals surface area contributed by atoms with E-state index in [-0.39, 0.29) is 12.1 Å². The van der Waals surface area contributed by atoms with Gasteiger partial charge in [-0.1, -0.05) is 29.8 Å². The van der Waals surface area contributed by atoms with E-state index in [9.17, 15) is 4.79 Å². The third-order valence-corrected chi connectivity index (χ3v) is 7.10. The van der Waals surface area contributed by atoms with Gasteiger partial charge in [0.2, 0.25) is 0 Å². The molecule has 39 heavy (non-hydrogen) atoms. The van der Waals surface area contributed by atoms with Crippen molar-refractivity contribution >= 4 is 40.6 Å². The molecule has 0 bridgehead atoms. The fourth-order valence-electron chi connectivity index (χ4n) is 4.75. The molecule has 2 atom stereocenters. The van der Waals surface area contributed by atoms with Crippen LogP contribution in [-0.4, -0.2) is 48.1 Å². The number of rotatable bonds is 9. The lowest BCUT2D eigenvalue weighted by Gasteiger charge is -2.29. The van der Waals surface area contributed by atoms with Crippen molar-refractivity contribution in [3.63, 3.8) is 0 Å². The summed E-state index contributed by atoms with van der Waals surface area (Å²) in [5.41, 5.74) is 3.65. The van der Waals surface area contributed by atoms with Gasteiger partial charge in [0.15, 0.2) is 5.11 Å². The van der Waals surface area contributed by atoms with E-state index in [2.05, 4.69) is 10.3 Å². The number of ether oxygens (including phenoxy) is 3. The fourth-order valence-corrected chi connectivity index (χ4v) is 5.32. The Bertz CT molecular complexity index is 1480. The van der Waals surface area contributed by atoms with Gasteiger partial charge in [0.25, 0.3) is 0 Å². The van der Waals surface area contributed by atoms with Crippen LogP contribution >= 0.6 is 23.8 Å². The normalized spacial score (nSPS) is 16.7. The number of carbonyl (C=O) groups is 1. The Labute approximate surface area is 237 Å². The SMILES string of the molecule is COCCOc1ccc(N2C(=S)NC(c3ccccn3)C2c2cccn2-c2ccccc2C(=O)OC)cc1Cl. The number of benzene rings is 2. The quantitative estimate of drug-likeness (QED) is 0.162. The highest BCUT2D eigenvalue weighted by atomic mass is 35.5. The Morgan fingerprint density at radius 1 is 1.05 bits per heavy atom. The average Bonchev–Trinajstić information content (AvgIpc) is 3.58. The molecule has 1 fully saturated rings. The Balaban J connectivity index is 1.62. The van der Waals surface area contributed by atoms with Gasteiger partial charge in [-0.2, -0.15) is 0 Å². The predicted molar refractivity (Wildman–Crippen MR) is 154 cm³/mol. The van der Waals surface area contributed by atoms with Crippen molar-refractivity contribution in [2.24, 2.45) is 0 Å². The molecule has 2 aromatic carbocycles. The second kappa shape index (κ2) is 11.9. The van der Waals surface area contributed by atoms with Gasteiger partial charge in [0.1, 0.15) is 18.4 Å². The van der Waals surface area contributed by atoms with Crippen LogP contribution in [0.15, 0.2) is 85.2 Å². The highest BCUT2D eigenvalue weighted by Gasteiger charge is 2.42. The number of thiocarbonyl (C=S) groups is 1. The van der Waals surface area contributed by atoms with Crippen molar-refractivity contribution in [1.82, 2.24) is 14.9 Å². The van der Waals surface area contributed by atoms with Crippen molar-refractivity contribution in [3.8, 4) is 11.4 Å². The molecular formula is C29H27ClN4O4S. The van der Waals surface area contributed by atoms with Crippen LogP contribution in [0.2, 0.25) is 5.02 Å². The number of pyridine rings is 1. The molecule has 0 aliphatic carbocycles. The van der Waals surface area contributed by atoms with E-state index in [1.54, 1.807) is 19.4 Å². The molecule has 0 spiro atoms. The maximum absolute atomic E-state index is 12.6. The Morgan fingerprint density at radius 2 is 1.87 bits per heavy atom. The van der Waals surface area contributed by atoms with Gasteiger partial charge in [-0.3, -0.25) is 4.98 Å². The maximum Gasteiger partial charge on any atom is 0.339 e. The third kappa shape index (κ3) is 5.34. The molecule has 0 amide bonds. The molecule has 4 aromatic rings. The molecule has 0 saturated carbocycles. The summed E-state index contributed by atoms with van der Waals surface area (Å²) in [5.74, 6) is 0.142. The number of anilines is 1. The van der Waals surface area contributed by atoms with Crippen LogP contribution in [0.25, 0.3) is 5.69 Å². The van der Waals surface area contributed by atoms with Gasteiger partial charge in [0.05, 0.1) is 41.7 Å². The van der Waals surface area contributed by atoms with E-state index >= 15 is 0 Å². The number of nitrogens with one attached hydrogen (secondary N) is 1. The number of hydrogen-bond acceptors (Lipinski definition) is 6. The van der Waals surface area contributed by atoms with Crippen LogP contribution in [0.3, 0.4) is 0 Å². The monoisotopic (exact) mass is 562 g/mol. The van der Waals surface area contributed by atoms with Crippen molar-refractivity contribution in [3.05, 3.63) is 107 Å². The minimum atomic E-state index is -0.417. The van der Waals surface area contributed by atoms with Gasteiger partial charge in [-0.05, 0) is 66.8 Å². The first-order chi connectivity index (χ1) is 19.0. The first-order valence-electron chi connectivity index (χ1n) is 12.3. The van der Waals surface area contributed by atoms with Gasteiger partial charge < -0.3 is 29.0 Å². The van der Waals surface area contributed by atoms with Crippen LogP contribution in [0.4, 0.5) is 5.69 Å². The summed E-state index contributed by atoms with van der Waals surface area (Å²) in [5, 5.41) is 4.44. The van der Waals surface area contributed by atoms with E-state index in [1.807, 2.05) is 82.4 Å². The second-order valence-corrected chi connectivity index (χ2v) is 9.56. The molecule has 5 rings (SSSR count). The smallest absolute Gasteiger partial charge is 0.339 e. The van der Waals surface area contributed by atoms with Gasteiger partial charge in [-0.15, -0.1) is 0 Å². The van der Waals surface area contributed by atoms with E-state index in [0.29, 0.717) is 40.3 Å². The Kier molecular flexibility index (Phi) is 8.11. The summed E-state index contributed by atoms with van der Waals surface area (Å²) in [6, 6.07) is 22.1. The summed E-state index contributed by atoms with van der Waals surface area (Å²) in [6.45, 7) is 0.840. The van der Waals surface area contributed by atoms with Crippen LogP contribution in [0.5, 0.6) is 5.75 Å². The number of hydrogen-bond donors (Lipinski definition) is 1. The molecule has 2 unspecified atom stereocenters. The molecular weight excluding hydrogens is 536 g/mol. The Morgan fingerprint density at radius 3 is 2.62 bits per heavy atom. The van der Waals surface area contributed by atoms with Crippen molar-refractivity contribution in [1.29, 1.82) is 0 Å². The molecule has 3 heterocycles. The molecule has 8 nitrogen and oxygen atoms in total. The van der Waals surface area contributed by atoms with E-state index in [0.717, 1.165) is 17.1 Å². The van der Waals surface area contributed by atoms with E-state index in [4.69, 9.17) is 38.0 Å². The topological polar surface area (TPSA) is 77.9 Å². The zero-order valence-corrected chi connectivity index (χ0v) is 23.0. The fraction of sp³-hybridized carbons (Fsp3) is 0.207. The van der Waals surface area contributed by atoms with Crippen molar-refractivity contribution in [2.75, 3.05) is 32.3 Å². The summed E-state index contributed by atoms with van der Waals surface area (Å²) < 4.78 is 17.9. The van der Waals surface area contributed by atoms with Gasteiger partial charge >= 0.3 is 5.97 Å². The number of aromatic nitrogens is 2. The summed E-state index contributed by atoms with van der Waals surface area (Å²) in [7, 11) is 2.99.